The van der Waals surface area contributed by atoms with Gasteiger partial charge in [0.25, 0.3) is 0 Å². The quantitative estimate of drug-likeness (QED) is 0.0446. The van der Waals surface area contributed by atoms with E-state index >= 15 is 0 Å². The summed E-state index contributed by atoms with van der Waals surface area (Å²) in [5.74, 6) is -1.15. The molecule has 0 aromatic rings. The van der Waals surface area contributed by atoms with Crippen molar-refractivity contribution in [2.24, 2.45) is 5.92 Å². The highest BCUT2D eigenvalue weighted by atomic mass is 16.8. The summed E-state index contributed by atoms with van der Waals surface area (Å²) in [6.07, 6.45) is -8.44. The maximum Gasteiger partial charge on any atom is 0.326 e. The number of nitrogens with zero attached hydrogens (tertiary/aromatic N) is 1. The molecule has 4 aliphatic heterocycles. The van der Waals surface area contributed by atoms with E-state index < -0.39 is 129 Å². The van der Waals surface area contributed by atoms with Crippen molar-refractivity contribution in [1.82, 2.24) is 20.9 Å². The van der Waals surface area contributed by atoms with Gasteiger partial charge in [0, 0.05) is 26.3 Å². The van der Waals surface area contributed by atoms with Crippen LogP contribution in [-0.4, -0.2) is 175 Å². The lowest BCUT2D eigenvalue weighted by Gasteiger charge is -2.47. The average Bonchev–Trinajstić information content (AvgIpc) is 3.47. The Balaban J connectivity index is 1.42. The van der Waals surface area contributed by atoms with E-state index in [0.29, 0.717) is 6.42 Å². The van der Waals surface area contributed by atoms with Crippen molar-refractivity contribution in [3.63, 3.8) is 0 Å². The molecule has 2 unspecified atom stereocenters. The van der Waals surface area contributed by atoms with E-state index in [9.17, 15) is 60.0 Å². The maximum absolute atomic E-state index is 13.2. The van der Waals surface area contributed by atoms with Crippen LogP contribution in [0.3, 0.4) is 0 Å². The highest BCUT2D eigenvalue weighted by molar-refractivity contribution is 5.96. The van der Waals surface area contributed by atoms with Crippen LogP contribution in [-0.2, 0) is 33.3 Å². The van der Waals surface area contributed by atoms with Gasteiger partial charge in [0.1, 0.15) is 60.9 Å². The Morgan fingerprint density at radius 2 is 1.39 bits per heavy atom. The Bertz CT molecular complexity index is 1390. The van der Waals surface area contributed by atoms with E-state index in [-0.39, 0.29) is 13.0 Å². The lowest BCUT2D eigenvalue weighted by atomic mass is 9.91. The number of nitrogens with one attached hydrogen (secondary N) is 3. The molecule has 4 saturated heterocycles. The Morgan fingerprint density at radius 3 is 1.98 bits per heavy atom. The van der Waals surface area contributed by atoms with E-state index in [0.717, 1.165) is 43.4 Å². The minimum atomic E-state index is -1.84. The van der Waals surface area contributed by atoms with Crippen molar-refractivity contribution in [3.8, 4) is 0 Å². The first-order chi connectivity index (χ1) is 28.0. The number of ether oxygens (including phenoxy) is 4. The second-order valence-electron chi connectivity index (χ2n) is 16.4. The molecule has 338 valence electrons. The highest BCUT2D eigenvalue weighted by Gasteiger charge is 2.54. The van der Waals surface area contributed by atoms with E-state index in [1.807, 2.05) is 0 Å². The number of imide groups is 1. The zero-order valence-electron chi connectivity index (χ0n) is 34.1. The Kier molecular flexibility index (Phi) is 19.3. The number of urea groups is 1. The molecule has 5 amide bonds. The molecule has 59 heavy (non-hydrogen) atoms. The normalized spacial score (nSPS) is 35.9. The van der Waals surface area contributed by atoms with E-state index in [1.165, 1.54) is 38.2 Å². The first-order valence-electron chi connectivity index (χ1n) is 20.9. The van der Waals surface area contributed by atoms with Gasteiger partial charge in [-0.3, -0.25) is 24.6 Å². The molecule has 15 atom stereocenters. The molecule has 4 heterocycles. The van der Waals surface area contributed by atoms with Crippen LogP contribution in [0.15, 0.2) is 12.2 Å². The molecule has 0 spiro atoms. The van der Waals surface area contributed by atoms with Crippen LogP contribution in [0.5, 0.6) is 0 Å². The molecule has 4 fully saturated rings. The summed E-state index contributed by atoms with van der Waals surface area (Å²) in [5, 5.41) is 93.6. The predicted octanol–water partition coefficient (Wildman–Crippen LogP) is -1.87. The number of aliphatic hydroxyl groups is 8. The molecule has 0 radical (unpaired) electrons. The first-order valence-corrected chi connectivity index (χ1v) is 20.9. The summed E-state index contributed by atoms with van der Waals surface area (Å²) in [6, 6.07) is -3.86. The Morgan fingerprint density at radius 1 is 0.814 bits per heavy atom. The number of aliphatic hydroxyl groups excluding tert-OH is 8. The number of hydrogen-bond donors (Lipinski definition) is 11. The van der Waals surface area contributed by atoms with Crippen LogP contribution in [0.25, 0.3) is 0 Å². The fourth-order valence-electron chi connectivity index (χ4n) is 7.85. The van der Waals surface area contributed by atoms with Crippen LogP contribution in [0.1, 0.15) is 97.8 Å². The zero-order valence-corrected chi connectivity index (χ0v) is 34.1. The molecule has 20 nitrogen and oxygen atoms in total. The number of allylic oxidation sites excluding steroid dienone is 1. The predicted molar refractivity (Wildman–Crippen MR) is 205 cm³/mol. The fourth-order valence-corrected chi connectivity index (χ4v) is 7.85. The van der Waals surface area contributed by atoms with Crippen LogP contribution in [0.4, 0.5) is 4.79 Å². The number of unbranched alkanes of at least 4 members (excludes halogenated alkanes) is 8. The van der Waals surface area contributed by atoms with Gasteiger partial charge >= 0.3 is 6.03 Å². The number of rotatable bonds is 21. The summed E-state index contributed by atoms with van der Waals surface area (Å²) >= 11 is 0. The van der Waals surface area contributed by atoms with Gasteiger partial charge in [0.15, 0.2) is 18.8 Å². The van der Waals surface area contributed by atoms with Gasteiger partial charge < -0.3 is 70.4 Å². The van der Waals surface area contributed by atoms with Gasteiger partial charge in [-0.25, -0.2) is 4.79 Å². The number of carbonyl (C=O) groups excluding carboxylic acids is 4. The Hall–Kier alpha value is -2.86. The van der Waals surface area contributed by atoms with E-state index in [4.69, 9.17) is 18.9 Å². The summed E-state index contributed by atoms with van der Waals surface area (Å²) in [5.41, 5.74) is 0. The molecule has 4 rings (SSSR count). The molecule has 0 aromatic heterocycles. The summed E-state index contributed by atoms with van der Waals surface area (Å²) in [7, 11) is 0. The average molecular weight is 847 g/mol. The van der Waals surface area contributed by atoms with E-state index in [1.54, 1.807) is 6.08 Å². The fraction of sp³-hybridized carbons (Fsp3) is 0.846. The van der Waals surface area contributed by atoms with Crippen molar-refractivity contribution in [1.29, 1.82) is 0 Å². The van der Waals surface area contributed by atoms with Crippen LogP contribution in [0, 0.1) is 5.92 Å². The van der Waals surface area contributed by atoms with Crippen LogP contribution in [0.2, 0.25) is 0 Å². The third-order valence-corrected chi connectivity index (χ3v) is 11.2. The largest absolute Gasteiger partial charge is 0.394 e. The van der Waals surface area contributed by atoms with Gasteiger partial charge in [-0.05, 0) is 24.8 Å². The van der Waals surface area contributed by atoms with Crippen molar-refractivity contribution < 1.29 is 79.0 Å². The molecule has 0 aromatic carbocycles. The lowest BCUT2D eigenvalue weighted by molar-refractivity contribution is -0.346. The van der Waals surface area contributed by atoms with Gasteiger partial charge in [-0.2, -0.15) is 0 Å². The van der Waals surface area contributed by atoms with Crippen LogP contribution >= 0.6 is 0 Å². The van der Waals surface area contributed by atoms with Crippen molar-refractivity contribution in [3.05, 3.63) is 12.2 Å². The van der Waals surface area contributed by atoms with Gasteiger partial charge in [-0.15, -0.1) is 0 Å². The molecule has 20 heteroatoms. The van der Waals surface area contributed by atoms with Gasteiger partial charge in [0.05, 0.1) is 18.8 Å². The highest BCUT2D eigenvalue weighted by Crippen LogP contribution is 2.33. The summed E-state index contributed by atoms with van der Waals surface area (Å²) in [4.78, 5) is 50.3. The number of amides is 5. The second kappa shape index (κ2) is 23.4. The van der Waals surface area contributed by atoms with Crippen molar-refractivity contribution in [2.75, 3.05) is 13.2 Å². The molecular formula is C39H66N4O16. The first kappa shape index (κ1) is 48.8. The molecule has 0 bridgehead atoms. The third kappa shape index (κ3) is 13.6. The molecule has 11 N–H and O–H groups in total. The topological polar surface area (TPSA) is 306 Å². The molecular weight excluding hydrogens is 780 g/mol. The molecule has 0 saturated carbocycles. The van der Waals surface area contributed by atoms with Gasteiger partial charge in [0.2, 0.25) is 17.7 Å². The van der Waals surface area contributed by atoms with Crippen LogP contribution < -0.4 is 16.0 Å². The number of carbonyl (C=O) groups is 4. The second-order valence-corrected chi connectivity index (χ2v) is 16.4. The minimum absolute atomic E-state index is 0.0992. The molecule has 0 aliphatic carbocycles. The van der Waals surface area contributed by atoms with Gasteiger partial charge in [-0.1, -0.05) is 71.3 Å². The minimum Gasteiger partial charge on any atom is -0.394 e. The van der Waals surface area contributed by atoms with Crippen molar-refractivity contribution >= 4 is 23.8 Å². The maximum atomic E-state index is 13.2. The summed E-state index contributed by atoms with van der Waals surface area (Å²) < 4.78 is 23.4. The lowest BCUT2D eigenvalue weighted by Crippen LogP contribution is -2.68. The third-order valence-electron chi connectivity index (χ3n) is 11.2. The monoisotopic (exact) mass is 846 g/mol. The van der Waals surface area contributed by atoms with Crippen molar-refractivity contribution in [2.45, 2.75) is 190 Å². The van der Waals surface area contributed by atoms with E-state index in [2.05, 4.69) is 29.8 Å². The Labute approximate surface area is 344 Å². The SMILES string of the molecule is CC(=O)N[C@H]1C(O[C@H]2O[C@H](C[C@@H](O)[C@H]3O[C@@H](N4CCC(=O)NC4=O)[C@H](O)[C@@H]3O)[C@@H](O)[C@@H](O)[C@H]2NC(=O)/C=C/CCCCCCCCCCC(C)C)OC(CO)[C@@H](O)[C@H]1O. The zero-order chi connectivity index (χ0) is 43.4. The number of hydrogen-bond acceptors (Lipinski definition) is 16. The smallest absolute Gasteiger partial charge is 0.326 e. The standard InChI is InChI=1S/C39H66N4O16/c1-20(2)14-12-10-8-6-4-5-7-9-11-13-15-25(47)41-28-32(52)29(49)23(56-38(28)59-37-27(40-21(3)45)31(51)30(50)24(19-44)57-37)18-22(46)35-33(53)34(54)36(58-35)43-17-16-26(48)42-39(43)55/h13,15,20,22-24,27-38,44,46,49-54H,4-12,14,16-19H2,1-3H3,(H,40,45)(H,41,47)(H,42,48,55)/b15-13+/t22-,23-,24?,27-,28-,29-,30-,31+,32+,33+,34-,35-,36-,37?,38-/m1/s1. The summed E-state index contributed by atoms with van der Waals surface area (Å²) in [6.45, 7) is 4.69. The molecule has 4 aliphatic rings.